The quantitative estimate of drug-likeness (QED) is 0.823. The lowest BCUT2D eigenvalue weighted by Crippen LogP contribution is -2.24. The van der Waals surface area contributed by atoms with Crippen LogP contribution in [-0.2, 0) is 0 Å². The molecule has 0 radical (unpaired) electrons. The van der Waals surface area contributed by atoms with Crippen LogP contribution in [0.25, 0.3) is 10.9 Å². The van der Waals surface area contributed by atoms with E-state index in [4.69, 9.17) is 0 Å². The third kappa shape index (κ3) is 3.62. The number of nitrogens with one attached hydrogen (secondary N) is 1. The second-order valence-electron chi connectivity index (χ2n) is 6.36. The number of hydrogen-bond donors (Lipinski definition) is 2. The normalized spacial score (nSPS) is 21.0. The van der Waals surface area contributed by atoms with E-state index in [1.807, 2.05) is 24.3 Å². The van der Waals surface area contributed by atoms with Crippen molar-refractivity contribution in [2.45, 2.75) is 44.6 Å². The molecule has 1 aromatic heterocycles. The van der Waals surface area contributed by atoms with E-state index in [1.54, 1.807) is 6.20 Å². The summed E-state index contributed by atoms with van der Waals surface area (Å²) in [6.45, 7) is 0.811. The number of aromatic nitrogens is 1. The van der Waals surface area contributed by atoms with E-state index in [0.717, 1.165) is 55.2 Å². The topological polar surface area (TPSA) is 68.9 Å². The van der Waals surface area contributed by atoms with Crippen molar-refractivity contribution in [2.24, 2.45) is 5.92 Å². The van der Waals surface area contributed by atoms with Crippen molar-refractivity contribution < 1.29 is 5.11 Å². The maximum Gasteiger partial charge on any atom is 0.103 e. The standard InChI is InChI=1S/C19H23N3O/c20-12-15-13-22-17-9-3-2-8-16(17)19(15)21-11-5-7-14-6-1-4-10-18(14)23/h2-3,8-9,13-14,18,23H,1,4-7,10-11H2,(H,21,22). The second-order valence-corrected chi connectivity index (χ2v) is 6.36. The van der Waals surface area contributed by atoms with Crippen LogP contribution < -0.4 is 5.32 Å². The molecule has 0 aliphatic heterocycles. The van der Waals surface area contributed by atoms with Gasteiger partial charge in [-0.2, -0.15) is 5.26 Å². The molecule has 1 saturated carbocycles. The van der Waals surface area contributed by atoms with Gasteiger partial charge in [-0.25, -0.2) is 0 Å². The number of hydrogen-bond acceptors (Lipinski definition) is 4. The van der Waals surface area contributed by atoms with Crippen LogP contribution in [0.15, 0.2) is 30.5 Å². The lowest BCUT2D eigenvalue weighted by molar-refractivity contribution is 0.0648. The Hall–Kier alpha value is -2.12. The van der Waals surface area contributed by atoms with Gasteiger partial charge >= 0.3 is 0 Å². The van der Waals surface area contributed by atoms with Crippen LogP contribution in [0, 0.1) is 17.2 Å². The van der Waals surface area contributed by atoms with Gasteiger partial charge in [0.05, 0.1) is 22.9 Å². The smallest absolute Gasteiger partial charge is 0.103 e. The zero-order valence-corrected chi connectivity index (χ0v) is 13.3. The highest BCUT2D eigenvalue weighted by atomic mass is 16.3. The Balaban J connectivity index is 1.64. The number of pyridine rings is 1. The molecule has 1 heterocycles. The van der Waals surface area contributed by atoms with E-state index in [0.29, 0.717) is 11.5 Å². The predicted molar refractivity (Wildman–Crippen MR) is 92.1 cm³/mol. The summed E-state index contributed by atoms with van der Waals surface area (Å²) in [5.74, 6) is 0.440. The van der Waals surface area contributed by atoms with Crippen LogP contribution in [0.1, 0.15) is 44.1 Å². The molecule has 1 aromatic carbocycles. The van der Waals surface area contributed by atoms with Crippen LogP contribution in [0.2, 0.25) is 0 Å². The molecule has 2 aromatic rings. The maximum atomic E-state index is 10.0. The Morgan fingerprint density at radius 2 is 2.09 bits per heavy atom. The Labute approximate surface area is 137 Å². The number of anilines is 1. The highest BCUT2D eigenvalue weighted by Crippen LogP contribution is 2.29. The third-order valence-electron chi connectivity index (χ3n) is 4.82. The fourth-order valence-electron chi connectivity index (χ4n) is 3.52. The SMILES string of the molecule is N#Cc1cnc2ccccc2c1NCCCC1CCCCC1O. The van der Waals surface area contributed by atoms with Gasteiger partial charge in [-0.3, -0.25) is 4.98 Å². The summed E-state index contributed by atoms with van der Waals surface area (Å²) in [6.07, 6.45) is 8.04. The van der Waals surface area contributed by atoms with Crippen molar-refractivity contribution in [3.63, 3.8) is 0 Å². The molecule has 1 aliphatic rings. The molecule has 2 N–H and O–H groups in total. The number of benzene rings is 1. The second kappa shape index (κ2) is 7.43. The summed E-state index contributed by atoms with van der Waals surface area (Å²) in [5.41, 5.74) is 2.36. The summed E-state index contributed by atoms with van der Waals surface area (Å²) in [7, 11) is 0. The zero-order valence-electron chi connectivity index (χ0n) is 13.3. The summed E-state index contributed by atoms with van der Waals surface area (Å²) in [5, 5.41) is 23.8. The Morgan fingerprint density at radius 1 is 1.26 bits per heavy atom. The van der Waals surface area contributed by atoms with Crippen LogP contribution in [0.4, 0.5) is 5.69 Å². The molecule has 0 saturated heterocycles. The minimum Gasteiger partial charge on any atom is -0.393 e. The van der Waals surface area contributed by atoms with E-state index < -0.39 is 0 Å². The molecular formula is C19H23N3O. The van der Waals surface area contributed by atoms with Crippen molar-refractivity contribution >= 4 is 16.6 Å². The van der Waals surface area contributed by atoms with Gasteiger partial charge in [-0.15, -0.1) is 0 Å². The largest absolute Gasteiger partial charge is 0.393 e. The van der Waals surface area contributed by atoms with E-state index in [9.17, 15) is 10.4 Å². The molecule has 2 unspecified atom stereocenters. The first-order valence-corrected chi connectivity index (χ1v) is 8.49. The average Bonchev–Trinajstić information content (AvgIpc) is 2.60. The van der Waals surface area contributed by atoms with Gasteiger partial charge in [-0.1, -0.05) is 31.0 Å². The van der Waals surface area contributed by atoms with Crippen LogP contribution in [-0.4, -0.2) is 22.7 Å². The molecular weight excluding hydrogens is 286 g/mol. The molecule has 0 amide bonds. The minimum atomic E-state index is -0.125. The molecule has 1 fully saturated rings. The van der Waals surface area contributed by atoms with Gasteiger partial charge in [0.15, 0.2) is 0 Å². The average molecular weight is 309 g/mol. The van der Waals surface area contributed by atoms with Crippen LogP contribution >= 0.6 is 0 Å². The first-order chi connectivity index (χ1) is 11.3. The summed E-state index contributed by atoms with van der Waals surface area (Å²) < 4.78 is 0. The highest BCUT2D eigenvalue weighted by Gasteiger charge is 2.22. The maximum absolute atomic E-state index is 10.0. The zero-order chi connectivity index (χ0) is 16.1. The number of nitriles is 1. The number of rotatable bonds is 5. The molecule has 120 valence electrons. The fourth-order valence-corrected chi connectivity index (χ4v) is 3.52. The fraction of sp³-hybridized carbons (Fsp3) is 0.474. The lowest BCUT2D eigenvalue weighted by Gasteiger charge is -2.27. The number of para-hydroxylation sites is 1. The van der Waals surface area contributed by atoms with E-state index in [-0.39, 0.29) is 6.10 Å². The van der Waals surface area contributed by atoms with E-state index in [1.165, 1.54) is 6.42 Å². The van der Waals surface area contributed by atoms with Crippen molar-refractivity contribution in [1.82, 2.24) is 4.98 Å². The molecule has 23 heavy (non-hydrogen) atoms. The predicted octanol–water partition coefficient (Wildman–Crippen LogP) is 3.85. The minimum absolute atomic E-state index is 0.125. The molecule has 1 aliphatic carbocycles. The Morgan fingerprint density at radius 3 is 2.91 bits per heavy atom. The number of nitrogens with zero attached hydrogens (tertiary/aromatic N) is 2. The van der Waals surface area contributed by atoms with Gasteiger partial charge in [-0.05, 0) is 37.7 Å². The van der Waals surface area contributed by atoms with E-state index >= 15 is 0 Å². The van der Waals surface area contributed by atoms with Gasteiger partial charge in [0.2, 0.25) is 0 Å². The molecule has 0 spiro atoms. The summed E-state index contributed by atoms with van der Waals surface area (Å²) >= 11 is 0. The van der Waals surface area contributed by atoms with Gasteiger partial charge in [0.25, 0.3) is 0 Å². The first kappa shape index (κ1) is 15.8. The Bertz CT molecular complexity index is 707. The van der Waals surface area contributed by atoms with Crippen LogP contribution in [0.5, 0.6) is 0 Å². The Kier molecular flexibility index (Phi) is 5.09. The third-order valence-corrected chi connectivity index (χ3v) is 4.82. The summed E-state index contributed by atoms with van der Waals surface area (Å²) in [4.78, 5) is 4.33. The van der Waals surface area contributed by atoms with Crippen molar-refractivity contribution in [3.05, 3.63) is 36.0 Å². The number of aliphatic hydroxyl groups is 1. The van der Waals surface area contributed by atoms with Crippen molar-refractivity contribution in [1.29, 1.82) is 5.26 Å². The van der Waals surface area contributed by atoms with Crippen LogP contribution in [0.3, 0.4) is 0 Å². The highest BCUT2D eigenvalue weighted by molar-refractivity contribution is 5.93. The first-order valence-electron chi connectivity index (χ1n) is 8.49. The van der Waals surface area contributed by atoms with Gasteiger partial charge in [0, 0.05) is 18.1 Å². The monoisotopic (exact) mass is 309 g/mol. The van der Waals surface area contributed by atoms with Gasteiger partial charge < -0.3 is 10.4 Å². The lowest BCUT2D eigenvalue weighted by atomic mass is 9.83. The molecule has 3 rings (SSSR count). The number of fused-ring (bicyclic) bond motifs is 1. The molecule has 4 nitrogen and oxygen atoms in total. The van der Waals surface area contributed by atoms with Gasteiger partial charge in [0.1, 0.15) is 6.07 Å². The molecule has 4 heteroatoms. The number of aliphatic hydroxyl groups excluding tert-OH is 1. The van der Waals surface area contributed by atoms with Crippen molar-refractivity contribution in [2.75, 3.05) is 11.9 Å². The van der Waals surface area contributed by atoms with Crippen molar-refractivity contribution in [3.8, 4) is 6.07 Å². The van der Waals surface area contributed by atoms with E-state index in [2.05, 4.69) is 16.4 Å². The molecule has 2 atom stereocenters. The molecule has 0 bridgehead atoms. The summed E-state index contributed by atoms with van der Waals surface area (Å²) in [6, 6.07) is 10.1.